The van der Waals surface area contributed by atoms with Gasteiger partial charge in [0.2, 0.25) is 5.91 Å². The highest BCUT2D eigenvalue weighted by Gasteiger charge is 2.22. The van der Waals surface area contributed by atoms with Crippen molar-refractivity contribution in [1.29, 1.82) is 0 Å². The molecule has 0 saturated carbocycles. The Bertz CT molecular complexity index is 320. The number of pyridine rings is 1. The van der Waals surface area contributed by atoms with Crippen molar-refractivity contribution in [2.24, 2.45) is 0 Å². The first-order valence-electron chi connectivity index (χ1n) is 4.38. The summed E-state index contributed by atoms with van der Waals surface area (Å²) in [7, 11) is 0. The Balaban J connectivity index is 0.00000112. The predicted molar refractivity (Wildman–Crippen MR) is 71.6 cm³/mol. The summed E-state index contributed by atoms with van der Waals surface area (Å²) in [6.07, 6.45) is 3.32. The Morgan fingerprint density at radius 2 is 2.12 bits per heavy atom. The molecular weight excluding hydrogens is 269 g/mol. The van der Waals surface area contributed by atoms with Gasteiger partial charge in [0.05, 0.1) is 6.04 Å². The summed E-state index contributed by atoms with van der Waals surface area (Å²) in [4.78, 5) is 15.5. The molecule has 1 aromatic heterocycles. The van der Waals surface area contributed by atoms with Crippen molar-refractivity contribution in [1.82, 2.24) is 10.3 Å². The van der Waals surface area contributed by atoms with Gasteiger partial charge in [0.25, 0.3) is 0 Å². The molecule has 1 unspecified atom stereocenters. The third-order valence-corrected chi connectivity index (χ3v) is 2.92. The first-order valence-corrected chi connectivity index (χ1v) is 5.54. The topological polar surface area (TPSA) is 54.0 Å². The van der Waals surface area contributed by atoms with E-state index in [0.29, 0.717) is 0 Å². The number of carbonyl (C=O) groups is 1. The summed E-state index contributed by atoms with van der Waals surface area (Å²) >= 11 is 1.74. The average Bonchev–Trinajstić information content (AvgIpc) is 2.72. The number of nitrogens with one attached hydrogen (secondary N) is 2. The van der Waals surface area contributed by atoms with Crippen molar-refractivity contribution < 1.29 is 4.79 Å². The van der Waals surface area contributed by atoms with Gasteiger partial charge in [-0.1, -0.05) is 0 Å². The molecule has 0 spiro atoms. The van der Waals surface area contributed by atoms with Gasteiger partial charge in [0, 0.05) is 29.7 Å². The van der Waals surface area contributed by atoms with Gasteiger partial charge in [0.1, 0.15) is 0 Å². The number of rotatable bonds is 2. The third-order valence-electron chi connectivity index (χ3n) is 1.98. The van der Waals surface area contributed by atoms with E-state index in [1.54, 1.807) is 36.3 Å². The van der Waals surface area contributed by atoms with Crippen LogP contribution in [0.5, 0.6) is 0 Å². The molecule has 0 radical (unpaired) electrons. The smallest absolute Gasteiger partial charge is 0.242 e. The normalized spacial score (nSPS) is 18.1. The zero-order chi connectivity index (χ0) is 9.80. The first-order chi connectivity index (χ1) is 6.86. The highest BCUT2D eigenvalue weighted by molar-refractivity contribution is 7.99. The van der Waals surface area contributed by atoms with Crippen LogP contribution in [0.3, 0.4) is 0 Å². The highest BCUT2D eigenvalue weighted by atomic mass is 35.5. The van der Waals surface area contributed by atoms with Crippen molar-refractivity contribution in [2.75, 3.05) is 16.9 Å². The molecule has 0 bridgehead atoms. The second-order valence-electron chi connectivity index (χ2n) is 3.00. The molecule has 2 heterocycles. The van der Waals surface area contributed by atoms with Crippen molar-refractivity contribution in [3.8, 4) is 0 Å². The molecule has 1 aliphatic rings. The minimum atomic E-state index is -0.0619. The molecule has 0 aliphatic carbocycles. The molecule has 4 nitrogen and oxygen atoms in total. The molecule has 1 aliphatic heterocycles. The van der Waals surface area contributed by atoms with E-state index in [9.17, 15) is 4.79 Å². The van der Waals surface area contributed by atoms with Crippen LogP contribution in [0, 0.1) is 0 Å². The number of nitrogens with zero attached hydrogens (tertiary/aromatic N) is 1. The van der Waals surface area contributed by atoms with Gasteiger partial charge >= 0.3 is 0 Å². The lowest BCUT2D eigenvalue weighted by Gasteiger charge is -2.09. The Morgan fingerprint density at radius 3 is 2.69 bits per heavy atom. The number of thioether (sulfide) groups is 1. The maximum absolute atomic E-state index is 11.6. The van der Waals surface area contributed by atoms with Crippen LogP contribution in [-0.4, -0.2) is 28.6 Å². The lowest BCUT2D eigenvalue weighted by molar-refractivity contribution is -0.117. The Labute approximate surface area is 111 Å². The number of aromatic nitrogens is 1. The SMILES string of the molecule is Cl.Cl.O=C(Nc1ccncc1)C1CSCN1. The lowest BCUT2D eigenvalue weighted by Crippen LogP contribution is -2.37. The highest BCUT2D eigenvalue weighted by Crippen LogP contribution is 2.11. The quantitative estimate of drug-likeness (QED) is 0.863. The monoisotopic (exact) mass is 281 g/mol. The molecule has 1 atom stereocenters. The second-order valence-corrected chi connectivity index (χ2v) is 4.03. The number of hydrogen-bond acceptors (Lipinski definition) is 4. The fourth-order valence-electron chi connectivity index (χ4n) is 1.23. The summed E-state index contributed by atoms with van der Waals surface area (Å²) in [5, 5.41) is 5.94. The number of amides is 1. The van der Waals surface area contributed by atoms with Crippen LogP contribution < -0.4 is 10.6 Å². The zero-order valence-corrected chi connectivity index (χ0v) is 10.8. The molecule has 1 fully saturated rings. The molecule has 1 amide bonds. The van der Waals surface area contributed by atoms with E-state index < -0.39 is 0 Å². The zero-order valence-electron chi connectivity index (χ0n) is 8.38. The van der Waals surface area contributed by atoms with Crippen molar-refractivity contribution in [3.05, 3.63) is 24.5 Å². The van der Waals surface area contributed by atoms with E-state index in [1.807, 2.05) is 0 Å². The van der Waals surface area contributed by atoms with Crippen molar-refractivity contribution >= 4 is 48.2 Å². The largest absolute Gasteiger partial charge is 0.325 e. The van der Waals surface area contributed by atoms with E-state index in [1.165, 1.54) is 0 Å². The number of carbonyl (C=O) groups excluding carboxylic acids is 1. The number of halogens is 2. The fraction of sp³-hybridized carbons (Fsp3) is 0.333. The summed E-state index contributed by atoms with van der Waals surface area (Å²) in [5.74, 6) is 1.73. The van der Waals surface area contributed by atoms with E-state index in [2.05, 4.69) is 15.6 Å². The van der Waals surface area contributed by atoms with E-state index in [4.69, 9.17) is 0 Å². The van der Waals surface area contributed by atoms with Gasteiger partial charge < -0.3 is 5.32 Å². The predicted octanol–water partition coefficient (Wildman–Crippen LogP) is 1.53. The van der Waals surface area contributed by atoms with Gasteiger partial charge in [-0.15, -0.1) is 36.6 Å². The molecule has 1 aromatic rings. The number of hydrogen-bond donors (Lipinski definition) is 2. The molecular formula is C9H13Cl2N3OS. The Kier molecular flexibility index (Phi) is 7.49. The molecule has 2 N–H and O–H groups in total. The first kappa shape index (κ1) is 15.5. The summed E-state index contributed by atoms with van der Waals surface area (Å²) < 4.78 is 0. The van der Waals surface area contributed by atoms with E-state index in [-0.39, 0.29) is 36.8 Å². The van der Waals surface area contributed by atoms with E-state index in [0.717, 1.165) is 17.3 Å². The molecule has 0 aromatic carbocycles. The Hall–Kier alpha value is -0.490. The average molecular weight is 282 g/mol. The van der Waals surface area contributed by atoms with Crippen LogP contribution >= 0.6 is 36.6 Å². The van der Waals surface area contributed by atoms with Gasteiger partial charge in [-0.2, -0.15) is 0 Å². The standard InChI is InChI=1S/C9H11N3OS.2ClH/c13-9(8-5-14-6-11-8)12-7-1-3-10-4-2-7;;/h1-4,8,11H,5-6H2,(H,10,12,13);2*1H. The van der Waals surface area contributed by atoms with Gasteiger partial charge in [-0.3, -0.25) is 15.1 Å². The van der Waals surface area contributed by atoms with Gasteiger partial charge in [0.15, 0.2) is 0 Å². The molecule has 1 saturated heterocycles. The van der Waals surface area contributed by atoms with Gasteiger partial charge in [-0.05, 0) is 12.1 Å². The summed E-state index contributed by atoms with van der Waals surface area (Å²) in [6.45, 7) is 0. The Morgan fingerprint density at radius 1 is 1.44 bits per heavy atom. The minimum absolute atomic E-state index is 0. The maximum atomic E-state index is 11.6. The third kappa shape index (κ3) is 4.17. The van der Waals surface area contributed by atoms with Crippen molar-refractivity contribution in [2.45, 2.75) is 6.04 Å². The fourth-order valence-corrected chi connectivity index (χ4v) is 2.17. The molecule has 90 valence electrons. The summed E-state index contributed by atoms with van der Waals surface area (Å²) in [5.41, 5.74) is 0.795. The molecule has 16 heavy (non-hydrogen) atoms. The van der Waals surface area contributed by atoms with E-state index >= 15 is 0 Å². The van der Waals surface area contributed by atoms with Crippen LogP contribution in [0.4, 0.5) is 5.69 Å². The lowest BCUT2D eigenvalue weighted by atomic mass is 10.3. The molecule has 7 heteroatoms. The van der Waals surface area contributed by atoms with Crippen LogP contribution in [0.25, 0.3) is 0 Å². The van der Waals surface area contributed by atoms with Crippen LogP contribution in [-0.2, 0) is 4.79 Å². The minimum Gasteiger partial charge on any atom is -0.325 e. The second kappa shape index (κ2) is 7.73. The van der Waals surface area contributed by atoms with Crippen molar-refractivity contribution in [3.63, 3.8) is 0 Å². The molecule has 2 rings (SSSR count). The maximum Gasteiger partial charge on any atom is 0.242 e. The number of anilines is 1. The van der Waals surface area contributed by atoms with Crippen LogP contribution in [0.1, 0.15) is 0 Å². The van der Waals surface area contributed by atoms with Crippen LogP contribution in [0.15, 0.2) is 24.5 Å². The van der Waals surface area contributed by atoms with Gasteiger partial charge in [-0.25, -0.2) is 0 Å². The summed E-state index contributed by atoms with van der Waals surface area (Å²) in [6, 6.07) is 3.49. The van der Waals surface area contributed by atoms with Crippen LogP contribution in [0.2, 0.25) is 0 Å².